The fourth-order valence-corrected chi connectivity index (χ4v) is 3.05. The van der Waals surface area contributed by atoms with E-state index in [1.165, 1.54) is 7.11 Å². The molecule has 1 aliphatic carbocycles. The van der Waals surface area contributed by atoms with Gasteiger partial charge in [-0.1, -0.05) is 24.4 Å². The van der Waals surface area contributed by atoms with Gasteiger partial charge in [0, 0.05) is 11.1 Å². The number of carboxylic acid groups (broad SMARTS) is 1. The van der Waals surface area contributed by atoms with Crippen LogP contribution < -0.4 is 10.1 Å². The molecule has 120 valence electrons. The summed E-state index contributed by atoms with van der Waals surface area (Å²) in [6, 6.07) is 3.37. The Labute approximate surface area is 134 Å². The lowest BCUT2D eigenvalue weighted by molar-refractivity contribution is -0.147. The Morgan fingerprint density at radius 3 is 2.50 bits per heavy atom. The van der Waals surface area contributed by atoms with E-state index in [4.69, 9.17) is 16.3 Å². The number of amides is 1. The Balaban J connectivity index is 2.20. The van der Waals surface area contributed by atoms with E-state index in [-0.39, 0.29) is 5.91 Å². The summed E-state index contributed by atoms with van der Waals surface area (Å²) in [6.45, 7) is 1.83. The van der Waals surface area contributed by atoms with Crippen LogP contribution >= 0.6 is 11.6 Å². The molecule has 1 aromatic carbocycles. The first-order valence-electron chi connectivity index (χ1n) is 7.32. The minimum absolute atomic E-state index is 0.271. The van der Waals surface area contributed by atoms with Crippen molar-refractivity contribution < 1.29 is 19.4 Å². The van der Waals surface area contributed by atoms with Crippen molar-refractivity contribution in [3.05, 3.63) is 22.7 Å². The Hall–Kier alpha value is -1.75. The van der Waals surface area contributed by atoms with E-state index in [0.717, 1.165) is 18.4 Å². The first-order chi connectivity index (χ1) is 10.4. The van der Waals surface area contributed by atoms with Gasteiger partial charge in [-0.2, -0.15) is 0 Å². The van der Waals surface area contributed by atoms with Gasteiger partial charge in [0.2, 0.25) is 5.91 Å². The topological polar surface area (TPSA) is 75.6 Å². The number of aliphatic carboxylic acids is 1. The second-order valence-electron chi connectivity index (χ2n) is 5.63. The van der Waals surface area contributed by atoms with Gasteiger partial charge in [0.05, 0.1) is 24.6 Å². The van der Waals surface area contributed by atoms with E-state index in [0.29, 0.717) is 29.3 Å². The zero-order valence-corrected chi connectivity index (χ0v) is 13.4. The van der Waals surface area contributed by atoms with Crippen LogP contribution in [0.5, 0.6) is 5.75 Å². The van der Waals surface area contributed by atoms with Crippen molar-refractivity contribution in [2.75, 3.05) is 12.4 Å². The first kappa shape index (κ1) is 16.6. The number of methoxy groups -OCH3 is 1. The van der Waals surface area contributed by atoms with Crippen LogP contribution in [0.25, 0.3) is 0 Å². The molecule has 2 rings (SSSR count). The number of ether oxygens (including phenoxy) is 1. The highest BCUT2D eigenvalue weighted by atomic mass is 35.5. The highest BCUT2D eigenvalue weighted by Crippen LogP contribution is 2.34. The van der Waals surface area contributed by atoms with Gasteiger partial charge in [0.25, 0.3) is 0 Å². The number of halogens is 1. The lowest BCUT2D eigenvalue weighted by Crippen LogP contribution is -2.36. The highest BCUT2D eigenvalue weighted by Gasteiger charge is 2.35. The zero-order valence-electron chi connectivity index (χ0n) is 12.7. The molecule has 0 saturated heterocycles. The molecular weight excluding hydrogens is 306 g/mol. The monoisotopic (exact) mass is 325 g/mol. The summed E-state index contributed by atoms with van der Waals surface area (Å²) < 4.78 is 5.23. The number of rotatable bonds is 4. The predicted molar refractivity (Wildman–Crippen MR) is 84.5 cm³/mol. The molecule has 0 heterocycles. The van der Waals surface area contributed by atoms with Gasteiger partial charge in [0.1, 0.15) is 5.75 Å². The largest absolute Gasteiger partial charge is 0.495 e. The molecule has 1 aliphatic rings. The minimum atomic E-state index is -0.904. The quantitative estimate of drug-likeness (QED) is 0.888. The summed E-state index contributed by atoms with van der Waals surface area (Å²) in [5.74, 6) is -1.84. The fourth-order valence-electron chi connectivity index (χ4n) is 2.90. The Kier molecular flexibility index (Phi) is 5.29. The van der Waals surface area contributed by atoms with Crippen LogP contribution in [-0.4, -0.2) is 24.1 Å². The Bertz CT molecular complexity index is 588. The third kappa shape index (κ3) is 3.53. The molecule has 1 fully saturated rings. The first-order valence-corrected chi connectivity index (χ1v) is 7.69. The Morgan fingerprint density at radius 1 is 1.27 bits per heavy atom. The van der Waals surface area contributed by atoms with Crippen LogP contribution in [-0.2, 0) is 9.59 Å². The average molecular weight is 326 g/mol. The number of carbonyl (C=O) groups excluding carboxylic acids is 1. The van der Waals surface area contributed by atoms with E-state index in [1.807, 2.05) is 6.92 Å². The van der Waals surface area contributed by atoms with Gasteiger partial charge in [-0.25, -0.2) is 0 Å². The maximum Gasteiger partial charge on any atom is 0.307 e. The van der Waals surface area contributed by atoms with Crippen molar-refractivity contribution in [2.45, 2.75) is 32.6 Å². The molecule has 1 amide bonds. The molecule has 0 aliphatic heterocycles. The van der Waals surface area contributed by atoms with Gasteiger partial charge in [-0.3, -0.25) is 9.59 Å². The van der Waals surface area contributed by atoms with Crippen LogP contribution in [0.15, 0.2) is 12.1 Å². The number of carboxylic acids is 1. The van der Waals surface area contributed by atoms with Crippen molar-refractivity contribution in [1.82, 2.24) is 0 Å². The minimum Gasteiger partial charge on any atom is -0.495 e. The summed E-state index contributed by atoms with van der Waals surface area (Å²) in [7, 11) is 1.50. The molecule has 2 atom stereocenters. The summed E-state index contributed by atoms with van der Waals surface area (Å²) >= 11 is 6.04. The van der Waals surface area contributed by atoms with Gasteiger partial charge >= 0.3 is 5.97 Å². The lowest BCUT2D eigenvalue weighted by atomic mass is 9.78. The van der Waals surface area contributed by atoms with Crippen LogP contribution in [0.2, 0.25) is 5.02 Å². The number of nitrogens with one attached hydrogen (secondary N) is 1. The molecule has 2 N–H and O–H groups in total. The summed E-state index contributed by atoms with van der Waals surface area (Å²) in [6.07, 6.45) is 2.87. The van der Waals surface area contributed by atoms with E-state index in [1.54, 1.807) is 12.1 Å². The number of aryl methyl sites for hydroxylation is 1. The van der Waals surface area contributed by atoms with Crippen LogP contribution in [0.4, 0.5) is 5.69 Å². The molecule has 6 heteroatoms. The van der Waals surface area contributed by atoms with Gasteiger partial charge in [-0.15, -0.1) is 0 Å². The van der Waals surface area contributed by atoms with Crippen molar-refractivity contribution >= 4 is 29.2 Å². The fraction of sp³-hybridized carbons (Fsp3) is 0.500. The summed E-state index contributed by atoms with van der Waals surface area (Å²) in [4.78, 5) is 23.8. The molecule has 5 nitrogen and oxygen atoms in total. The molecule has 1 saturated carbocycles. The molecular formula is C16H20ClNO4. The number of hydrogen-bond donors (Lipinski definition) is 2. The lowest BCUT2D eigenvalue weighted by Gasteiger charge is -2.27. The SMILES string of the molecule is COc1cc(Cl)c(C)cc1NC(=O)C1CCCCC1C(=O)O. The van der Waals surface area contributed by atoms with E-state index >= 15 is 0 Å². The smallest absolute Gasteiger partial charge is 0.307 e. The molecule has 1 aromatic rings. The van der Waals surface area contributed by atoms with Crippen molar-refractivity contribution in [2.24, 2.45) is 11.8 Å². The number of hydrogen-bond acceptors (Lipinski definition) is 3. The molecule has 22 heavy (non-hydrogen) atoms. The van der Waals surface area contributed by atoms with Gasteiger partial charge in [-0.05, 0) is 31.4 Å². The number of benzene rings is 1. The standard InChI is InChI=1S/C16H20ClNO4/c1-9-7-13(14(22-2)8-12(9)17)18-15(19)10-5-3-4-6-11(10)16(20)21/h7-8,10-11H,3-6H2,1-2H3,(H,18,19)(H,20,21). The van der Waals surface area contributed by atoms with Crippen molar-refractivity contribution in [1.29, 1.82) is 0 Å². The third-order valence-corrected chi connectivity index (χ3v) is 4.57. The van der Waals surface area contributed by atoms with Crippen molar-refractivity contribution in [3.8, 4) is 5.75 Å². The van der Waals surface area contributed by atoms with E-state index in [2.05, 4.69) is 5.32 Å². The normalized spacial score (nSPS) is 21.2. The average Bonchev–Trinajstić information content (AvgIpc) is 2.50. The summed E-state index contributed by atoms with van der Waals surface area (Å²) in [5.41, 5.74) is 1.33. The maximum absolute atomic E-state index is 12.5. The molecule has 0 bridgehead atoms. The molecule has 0 radical (unpaired) electrons. The van der Waals surface area contributed by atoms with Gasteiger partial charge in [0.15, 0.2) is 0 Å². The van der Waals surface area contributed by atoms with Crippen LogP contribution in [0.3, 0.4) is 0 Å². The zero-order chi connectivity index (χ0) is 16.3. The van der Waals surface area contributed by atoms with Crippen molar-refractivity contribution in [3.63, 3.8) is 0 Å². The number of carbonyl (C=O) groups is 2. The Morgan fingerprint density at radius 2 is 1.91 bits per heavy atom. The van der Waals surface area contributed by atoms with E-state index < -0.39 is 17.8 Å². The molecule has 0 aromatic heterocycles. The highest BCUT2D eigenvalue weighted by molar-refractivity contribution is 6.31. The second-order valence-corrected chi connectivity index (χ2v) is 6.03. The van der Waals surface area contributed by atoms with E-state index in [9.17, 15) is 14.7 Å². The molecule has 0 spiro atoms. The third-order valence-electron chi connectivity index (χ3n) is 4.16. The predicted octanol–water partition coefficient (Wildman–Crippen LogP) is 3.49. The van der Waals surface area contributed by atoms with Crippen LogP contribution in [0.1, 0.15) is 31.2 Å². The number of anilines is 1. The summed E-state index contributed by atoms with van der Waals surface area (Å²) in [5, 5.41) is 12.6. The maximum atomic E-state index is 12.5. The van der Waals surface area contributed by atoms with Gasteiger partial charge < -0.3 is 15.2 Å². The second kappa shape index (κ2) is 7.01. The van der Waals surface area contributed by atoms with Crippen LogP contribution in [0, 0.1) is 18.8 Å². The molecule has 2 unspecified atom stereocenters.